The fourth-order valence-corrected chi connectivity index (χ4v) is 5.53. The van der Waals surface area contributed by atoms with Crippen molar-refractivity contribution in [1.29, 1.82) is 0 Å². The monoisotopic (exact) mass is 481 g/mol. The first-order valence-electron chi connectivity index (χ1n) is 10.2. The molecular weight excluding hydrogens is 450 g/mol. The normalized spacial score (nSPS) is 12.7. The Kier molecular flexibility index (Phi) is 8.22. The van der Waals surface area contributed by atoms with E-state index in [-0.39, 0.29) is 34.0 Å². The van der Waals surface area contributed by atoms with Crippen LogP contribution in [0.25, 0.3) is 0 Å². The van der Waals surface area contributed by atoms with Gasteiger partial charge in [-0.15, -0.1) is 0 Å². The average molecular weight is 482 g/mol. The Morgan fingerprint density at radius 1 is 0.812 bits per heavy atom. The first-order valence-corrected chi connectivity index (χ1v) is 13.1. The van der Waals surface area contributed by atoms with E-state index in [4.69, 9.17) is 0 Å². The Morgan fingerprint density at radius 3 is 1.81 bits per heavy atom. The minimum atomic E-state index is -3.70. The Hall–Kier alpha value is -2.27. The van der Waals surface area contributed by atoms with Crippen molar-refractivity contribution in [3.63, 3.8) is 0 Å². The van der Waals surface area contributed by atoms with Crippen molar-refractivity contribution in [1.82, 2.24) is 13.9 Å². The van der Waals surface area contributed by atoms with E-state index in [1.807, 2.05) is 0 Å². The van der Waals surface area contributed by atoms with Crippen LogP contribution in [0.3, 0.4) is 0 Å². The zero-order valence-electron chi connectivity index (χ0n) is 19.2. The molecule has 2 rings (SSSR count). The molecule has 32 heavy (non-hydrogen) atoms. The molecule has 0 radical (unpaired) electrons. The van der Waals surface area contributed by atoms with E-state index in [1.165, 1.54) is 53.0 Å². The fraction of sp³-hybridized carbons (Fsp3) is 0.409. The van der Waals surface area contributed by atoms with Crippen molar-refractivity contribution in [2.75, 3.05) is 14.1 Å². The number of carbonyl (C=O) groups excluding carboxylic acids is 1. The minimum Gasteiger partial charge on any atom is -0.348 e. The lowest BCUT2D eigenvalue weighted by Gasteiger charge is -2.21. The predicted octanol–water partition coefficient (Wildman–Crippen LogP) is 2.67. The molecule has 0 heterocycles. The predicted molar refractivity (Wildman–Crippen MR) is 124 cm³/mol. The van der Waals surface area contributed by atoms with Gasteiger partial charge in [0.1, 0.15) is 0 Å². The van der Waals surface area contributed by atoms with Crippen molar-refractivity contribution < 1.29 is 21.6 Å². The number of amides is 1. The fourth-order valence-electron chi connectivity index (χ4n) is 2.75. The standard InChI is InChI=1S/C22H31N3O5S2/c1-16(2)24(5)31(27,28)20-12-10-18(11-13-20)15-23-22(26)19-8-7-9-21(14-19)32(29,30)25(6)17(3)4/h7-14,16-17H,15H2,1-6H3,(H,23,26). The Balaban J connectivity index is 2.12. The van der Waals surface area contributed by atoms with Gasteiger partial charge in [-0.3, -0.25) is 4.79 Å². The van der Waals surface area contributed by atoms with Gasteiger partial charge in [-0.05, 0) is 63.6 Å². The molecule has 0 fully saturated rings. The van der Waals surface area contributed by atoms with Crippen LogP contribution in [-0.2, 0) is 26.6 Å². The number of hydrogen-bond acceptors (Lipinski definition) is 5. The van der Waals surface area contributed by atoms with E-state index in [1.54, 1.807) is 45.9 Å². The summed E-state index contributed by atoms with van der Waals surface area (Å²) < 4.78 is 53.0. The average Bonchev–Trinajstić information content (AvgIpc) is 2.76. The Labute approximate surface area is 191 Å². The van der Waals surface area contributed by atoms with E-state index in [9.17, 15) is 21.6 Å². The van der Waals surface area contributed by atoms with Crippen molar-refractivity contribution in [2.45, 2.75) is 56.1 Å². The highest BCUT2D eigenvalue weighted by Gasteiger charge is 2.24. The summed E-state index contributed by atoms with van der Waals surface area (Å²) in [6, 6.07) is 11.8. The van der Waals surface area contributed by atoms with Crippen molar-refractivity contribution in [3.8, 4) is 0 Å². The molecule has 0 bridgehead atoms. The molecule has 10 heteroatoms. The summed E-state index contributed by atoms with van der Waals surface area (Å²) in [4.78, 5) is 12.8. The Bertz CT molecular complexity index is 1160. The third kappa shape index (κ3) is 5.74. The van der Waals surface area contributed by atoms with E-state index in [0.717, 1.165) is 0 Å². The molecule has 176 valence electrons. The summed E-state index contributed by atoms with van der Waals surface area (Å²) in [5.41, 5.74) is 0.939. The van der Waals surface area contributed by atoms with E-state index >= 15 is 0 Å². The van der Waals surface area contributed by atoms with Crippen molar-refractivity contribution in [3.05, 3.63) is 59.7 Å². The SMILES string of the molecule is CC(C)N(C)S(=O)(=O)c1ccc(CNC(=O)c2cccc(S(=O)(=O)N(C)C(C)C)c2)cc1. The molecule has 0 atom stereocenters. The summed E-state index contributed by atoms with van der Waals surface area (Å²) in [5, 5.41) is 2.74. The zero-order valence-corrected chi connectivity index (χ0v) is 20.9. The van der Waals surface area contributed by atoms with Crippen molar-refractivity contribution >= 4 is 26.0 Å². The van der Waals surface area contributed by atoms with Gasteiger partial charge in [0.25, 0.3) is 5.91 Å². The van der Waals surface area contributed by atoms with Gasteiger partial charge in [0.05, 0.1) is 9.79 Å². The van der Waals surface area contributed by atoms with Gasteiger partial charge in [0, 0.05) is 38.3 Å². The molecule has 0 saturated heterocycles. The number of hydrogen-bond donors (Lipinski definition) is 1. The molecule has 0 unspecified atom stereocenters. The van der Waals surface area contributed by atoms with Gasteiger partial charge >= 0.3 is 0 Å². The van der Waals surface area contributed by atoms with Crippen LogP contribution in [0, 0.1) is 0 Å². The highest BCUT2D eigenvalue weighted by atomic mass is 32.2. The van der Waals surface area contributed by atoms with Gasteiger partial charge in [-0.1, -0.05) is 18.2 Å². The lowest BCUT2D eigenvalue weighted by Crippen LogP contribution is -2.33. The number of nitrogens with zero attached hydrogens (tertiary/aromatic N) is 2. The second kappa shape index (κ2) is 10.1. The summed E-state index contributed by atoms with van der Waals surface area (Å²) in [5.74, 6) is -0.425. The number of benzene rings is 2. The molecule has 2 aromatic rings. The zero-order chi connectivity index (χ0) is 24.3. The molecule has 1 N–H and O–H groups in total. The van der Waals surface area contributed by atoms with E-state index < -0.39 is 26.0 Å². The van der Waals surface area contributed by atoms with Crippen LogP contribution in [-0.4, -0.2) is 57.5 Å². The first kappa shape index (κ1) is 26.0. The summed E-state index contributed by atoms with van der Waals surface area (Å²) in [6.45, 7) is 7.30. The van der Waals surface area contributed by atoms with Crippen molar-refractivity contribution in [2.24, 2.45) is 0 Å². The molecular formula is C22H31N3O5S2. The maximum absolute atomic E-state index is 12.7. The maximum atomic E-state index is 12.7. The summed E-state index contributed by atoms with van der Waals surface area (Å²) in [6.07, 6.45) is 0. The highest BCUT2D eigenvalue weighted by molar-refractivity contribution is 7.89. The van der Waals surface area contributed by atoms with E-state index in [0.29, 0.717) is 5.56 Å². The van der Waals surface area contributed by atoms with Gasteiger partial charge in [0.2, 0.25) is 20.0 Å². The van der Waals surface area contributed by atoms with Crippen LogP contribution in [0.4, 0.5) is 0 Å². The number of carbonyl (C=O) groups is 1. The molecule has 0 aliphatic rings. The summed E-state index contributed by atoms with van der Waals surface area (Å²) >= 11 is 0. The largest absolute Gasteiger partial charge is 0.348 e. The minimum absolute atomic E-state index is 0.0465. The van der Waals surface area contributed by atoms with Crippen LogP contribution < -0.4 is 5.32 Å². The Morgan fingerprint density at radius 2 is 1.31 bits per heavy atom. The summed E-state index contributed by atoms with van der Waals surface area (Å²) in [7, 11) is -4.25. The maximum Gasteiger partial charge on any atom is 0.251 e. The van der Waals surface area contributed by atoms with Crippen LogP contribution in [0.15, 0.2) is 58.3 Å². The van der Waals surface area contributed by atoms with Gasteiger partial charge < -0.3 is 5.32 Å². The number of nitrogens with one attached hydrogen (secondary N) is 1. The molecule has 2 aromatic carbocycles. The van der Waals surface area contributed by atoms with E-state index in [2.05, 4.69) is 5.32 Å². The van der Waals surface area contributed by atoms with Gasteiger partial charge in [-0.25, -0.2) is 16.8 Å². The third-order valence-corrected chi connectivity index (χ3v) is 9.36. The third-order valence-electron chi connectivity index (χ3n) is 5.28. The first-order chi connectivity index (χ1) is 14.8. The van der Waals surface area contributed by atoms with Crippen LogP contribution in [0.2, 0.25) is 0 Å². The van der Waals surface area contributed by atoms with Crippen LogP contribution in [0.1, 0.15) is 43.6 Å². The topological polar surface area (TPSA) is 104 Å². The second-order valence-electron chi connectivity index (χ2n) is 8.08. The molecule has 8 nitrogen and oxygen atoms in total. The lowest BCUT2D eigenvalue weighted by molar-refractivity contribution is 0.0950. The highest BCUT2D eigenvalue weighted by Crippen LogP contribution is 2.19. The molecule has 0 aromatic heterocycles. The molecule has 0 aliphatic heterocycles. The molecule has 0 saturated carbocycles. The second-order valence-corrected chi connectivity index (χ2v) is 12.1. The number of sulfonamides is 2. The smallest absolute Gasteiger partial charge is 0.251 e. The van der Waals surface area contributed by atoms with Gasteiger partial charge in [-0.2, -0.15) is 8.61 Å². The molecule has 0 spiro atoms. The number of rotatable bonds is 9. The quantitative estimate of drug-likeness (QED) is 0.593. The van der Waals surface area contributed by atoms with Crippen LogP contribution >= 0.6 is 0 Å². The lowest BCUT2D eigenvalue weighted by atomic mass is 10.2. The molecule has 1 amide bonds. The van der Waals surface area contributed by atoms with Crippen LogP contribution in [0.5, 0.6) is 0 Å². The van der Waals surface area contributed by atoms with Gasteiger partial charge in [0.15, 0.2) is 0 Å². The molecule has 0 aliphatic carbocycles.